The molecule has 45 heavy (non-hydrogen) atoms. The fourth-order valence-corrected chi connectivity index (χ4v) is 7.17. The Hall–Kier alpha value is -5.92. The Kier molecular flexibility index (Phi) is 5.89. The van der Waals surface area contributed by atoms with E-state index in [2.05, 4.69) is 164 Å². The lowest BCUT2D eigenvalue weighted by Crippen LogP contribution is -1.94. The van der Waals surface area contributed by atoms with Crippen LogP contribution < -0.4 is 0 Å². The summed E-state index contributed by atoms with van der Waals surface area (Å²) in [6, 6.07) is 60.9. The molecule has 210 valence electrons. The summed E-state index contributed by atoms with van der Waals surface area (Å²) in [4.78, 5) is 0. The van der Waals surface area contributed by atoms with Crippen LogP contribution >= 0.6 is 0 Å². The molecule has 0 N–H and O–H groups in total. The fraction of sp³-hybridized carbons (Fsp3) is 0. The molecule has 1 nitrogen and oxygen atoms in total. The average molecular weight is 573 g/mol. The van der Waals surface area contributed by atoms with E-state index in [1.54, 1.807) is 0 Å². The van der Waals surface area contributed by atoms with Crippen molar-refractivity contribution in [2.24, 2.45) is 0 Å². The molecule has 1 heteroatoms. The number of rotatable bonds is 4. The first-order valence-electron chi connectivity index (χ1n) is 15.4. The Morgan fingerprint density at radius 1 is 0.267 bits per heavy atom. The highest BCUT2D eigenvalue weighted by Crippen LogP contribution is 2.48. The zero-order chi connectivity index (χ0) is 29.7. The number of furan rings is 1. The van der Waals surface area contributed by atoms with Crippen LogP contribution in [-0.4, -0.2) is 0 Å². The van der Waals surface area contributed by atoms with Gasteiger partial charge in [-0.25, -0.2) is 0 Å². The number of hydrogen-bond acceptors (Lipinski definition) is 1. The predicted octanol–water partition coefficient (Wildman–Crippen LogP) is 12.6. The molecular formula is C44H28O. The van der Waals surface area contributed by atoms with Gasteiger partial charge in [-0.1, -0.05) is 164 Å². The van der Waals surface area contributed by atoms with Crippen LogP contribution in [0.25, 0.3) is 88.0 Å². The van der Waals surface area contributed by atoms with Crippen LogP contribution in [0, 0.1) is 0 Å². The van der Waals surface area contributed by atoms with Crippen LogP contribution in [0.5, 0.6) is 0 Å². The first-order chi connectivity index (χ1) is 22.4. The van der Waals surface area contributed by atoms with Crippen molar-refractivity contribution in [3.8, 4) is 44.5 Å². The molecule has 0 atom stereocenters. The maximum atomic E-state index is 6.54. The van der Waals surface area contributed by atoms with Crippen LogP contribution in [0.4, 0.5) is 0 Å². The molecule has 0 aliphatic carbocycles. The Balaban J connectivity index is 1.38. The first kappa shape index (κ1) is 25.6. The maximum Gasteiger partial charge on any atom is 0.143 e. The van der Waals surface area contributed by atoms with Gasteiger partial charge in [0.25, 0.3) is 0 Å². The minimum Gasteiger partial charge on any atom is -0.455 e. The Morgan fingerprint density at radius 3 is 1.31 bits per heavy atom. The first-order valence-corrected chi connectivity index (χ1v) is 15.4. The van der Waals surface area contributed by atoms with E-state index in [-0.39, 0.29) is 0 Å². The van der Waals surface area contributed by atoms with E-state index in [0.29, 0.717) is 0 Å². The normalized spacial score (nSPS) is 11.6. The SMILES string of the molecule is c1ccc(-c2ccccc2-c2c3ccccc3c(-c3ccccc3-c3cccc4c3oc3ccccc34)c3ccccc23)cc1. The van der Waals surface area contributed by atoms with Crippen LogP contribution in [-0.2, 0) is 0 Å². The molecule has 1 heterocycles. The summed E-state index contributed by atoms with van der Waals surface area (Å²) in [6.07, 6.45) is 0. The van der Waals surface area contributed by atoms with Gasteiger partial charge >= 0.3 is 0 Å². The van der Waals surface area contributed by atoms with Crippen molar-refractivity contribution in [2.75, 3.05) is 0 Å². The molecule has 9 aromatic rings. The van der Waals surface area contributed by atoms with Crippen molar-refractivity contribution < 1.29 is 4.42 Å². The lowest BCUT2D eigenvalue weighted by Gasteiger charge is -2.21. The third kappa shape index (κ3) is 4.02. The number of hydrogen-bond donors (Lipinski definition) is 0. The van der Waals surface area contributed by atoms with E-state index < -0.39 is 0 Å². The standard InChI is InChI=1S/C44H28O/c1-2-15-29(16-3-1)30-17-4-6-20-33(30)42-35-22-8-10-24-37(35)43(38-25-11-9-23-36(38)42)34-21-7-5-18-31(34)39-26-14-27-40-32-19-12-13-28-41(32)45-44(39)40/h1-28H. The highest BCUT2D eigenvalue weighted by Gasteiger charge is 2.21. The van der Waals surface area contributed by atoms with E-state index in [1.165, 1.54) is 54.9 Å². The lowest BCUT2D eigenvalue weighted by atomic mass is 9.82. The summed E-state index contributed by atoms with van der Waals surface area (Å²) >= 11 is 0. The Bertz CT molecular complexity index is 2480. The highest BCUT2D eigenvalue weighted by atomic mass is 16.3. The summed E-state index contributed by atoms with van der Waals surface area (Å²) < 4.78 is 6.54. The van der Waals surface area contributed by atoms with E-state index in [0.717, 1.165) is 33.1 Å². The number of fused-ring (bicyclic) bond motifs is 5. The van der Waals surface area contributed by atoms with Crippen molar-refractivity contribution >= 4 is 43.5 Å². The summed E-state index contributed by atoms with van der Waals surface area (Å²) in [5.74, 6) is 0. The molecule has 0 saturated heterocycles. The van der Waals surface area contributed by atoms with Gasteiger partial charge in [0, 0.05) is 16.3 Å². The second-order valence-corrected chi connectivity index (χ2v) is 11.6. The molecule has 0 radical (unpaired) electrons. The molecular weight excluding hydrogens is 544 g/mol. The largest absolute Gasteiger partial charge is 0.455 e. The fourth-order valence-electron chi connectivity index (χ4n) is 7.17. The van der Waals surface area contributed by atoms with Gasteiger partial charge in [0.05, 0.1) is 0 Å². The van der Waals surface area contributed by atoms with Crippen molar-refractivity contribution in [3.05, 3.63) is 170 Å². The quantitative estimate of drug-likeness (QED) is 0.191. The summed E-state index contributed by atoms with van der Waals surface area (Å²) in [5.41, 5.74) is 11.5. The minimum atomic E-state index is 0.912. The van der Waals surface area contributed by atoms with Crippen molar-refractivity contribution in [1.29, 1.82) is 0 Å². The molecule has 0 bridgehead atoms. The van der Waals surface area contributed by atoms with Gasteiger partial charge < -0.3 is 4.42 Å². The molecule has 0 spiro atoms. The predicted molar refractivity (Wildman–Crippen MR) is 190 cm³/mol. The van der Waals surface area contributed by atoms with E-state index in [4.69, 9.17) is 4.42 Å². The lowest BCUT2D eigenvalue weighted by molar-refractivity contribution is 0.670. The summed E-state index contributed by atoms with van der Waals surface area (Å²) in [6.45, 7) is 0. The van der Waals surface area contributed by atoms with Crippen molar-refractivity contribution in [2.45, 2.75) is 0 Å². The van der Waals surface area contributed by atoms with Crippen LogP contribution in [0.15, 0.2) is 174 Å². The van der Waals surface area contributed by atoms with Gasteiger partial charge in [-0.15, -0.1) is 0 Å². The highest BCUT2D eigenvalue weighted by molar-refractivity contribution is 6.24. The molecule has 0 saturated carbocycles. The Labute approximate surface area is 261 Å². The van der Waals surface area contributed by atoms with E-state index in [1.807, 2.05) is 6.07 Å². The Morgan fingerprint density at radius 2 is 0.689 bits per heavy atom. The van der Waals surface area contributed by atoms with Crippen LogP contribution in [0.2, 0.25) is 0 Å². The van der Waals surface area contributed by atoms with Gasteiger partial charge in [0.1, 0.15) is 11.2 Å². The maximum absolute atomic E-state index is 6.54. The topological polar surface area (TPSA) is 13.1 Å². The zero-order valence-electron chi connectivity index (χ0n) is 24.6. The average Bonchev–Trinajstić information content (AvgIpc) is 3.50. The van der Waals surface area contributed by atoms with Gasteiger partial charge in [0.15, 0.2) is 0 Å². The van der Waals surface area contributed by atoms with Gasteiger partial charge in [-0.05, 0) is 66.6 Å². The number of para-hydroxylation sites is 2. The molecule has 0 amide bonds. The minimum absolute atomic E-state index is 0.912. The second kappa shape index (κ2) is 10.4. The third-order valence-electron chi connectivity index (χ3n) is 9.10. The van der Waals surface area contributed by atoms with Crippen LogP contribution in [0.1, 0.15) is 0 Å². The van der Waals surface area contributed by atoms with Crippen molar-refractivity contribution in [3.63, 3.8) is 0 Å². The second-order valence-electron chi connectivity index (χ2n) is 11.6. The zero-order valence-corrected chi connectivity index (χ0v) is 24.6. The molecule has 9 rings (SSSR count). The van der Waals surface area contributed by atoms with E-state index in [9.17, 15) is 0 Å². The smallest absolute Gasteiger partial charge is 0.143 e. The molecule has 0 aliphatic rings. The summed E-state index contributed by atoms with van der Waals surface area (Å²) in [5, 5.41) is 7.24. The molecule has 0 fully saturated rings. The molecule has 1 aromatic heterocycles. The van der Waals surface area contributed by atoms with Gasteiger partial charge in [-0.3, -0.25) is 0 Å². The van der Waals surface area contributed by atoms with Crippen molar-refractivity contribution in [1.82, 2.24) is 0 Å². The molecule has 0 unspecified atom stereocenters. The third-order valence-corrected chi connectivity index (χ3v) is 9.10. The molecule has 0 aliphatic heterocycles. The van der Waals surface area contributed by atoms with Crippen LogP contribution in [0.3, 0.4) is 0 Å². The van der Waals surface area contributed by atoms with E-state index >= 15 is 0 Å². The van der Waals surface area contributed by atoms with Gasteiger partial charge in [0.2, 0.25) is 0 Å². The van der Waals surface area contributed by atoms with Gasteiger partial charge in [-0.2, -0.15) is 0 Å². The monoisotopic (exact) mass is 572 g/mol. The number of benzene rings is 8. The molecule has 8 aromatic carbocycles. The summed E-state index contributed by atoms with van der Waals surface area (Å²) in [7, 11) is 0.